The summed E-state index contributed by atoms with van der Waals surface area (Å²) in [6, 6.07) is 12.7. The van der Waals surface area contributed by atoms with Crippen molar-refractivity contribution in [2.45, 2.75) is 19.9 Å². The molecule has 0 saturated carbocycles. The van der Waals surface area contributed by atoms with Crippen LogP contribution in [0.2, 0.25) is 10.0 Å². The third-order valence-electron chi connectivity index (χ3n) is 4.40. The lowest BCUT2D eigenvalue weighted by atomic mass is 10.1. The van der Waals surface area contributed by atoms with Crippen LogP contribution < -0.4 is 5.32 Å². The van der Waals surface area contributed by atoms with Crippen LogP contribution in [0.1, 0.15) is 17.5 Å². The molecule has 0 spiro atoms. The summed E-state index contributed by atoms with van der Waals surface area (Å²) in [6.07, 6.45) is 0.221. The molecule has 1 N–H and O–H groups in total. The molecule has 1 saturated heterocycles. The standard InChI is InChI=1S/C19H18Cl2N2O2/c1-12-16(21)3-2-4-17(12)22-19(25)14-9-18(24)23(11-14)10-13-5-7-15(20)8-6-13/h2-8,14H,9-11H2,1H3,(H,22,25). The van der Waals surface area contributed by atoms with Crippen LogP contribution in [-0.2, 0) is 16.1 Å². The summed E-state index contributed by atoms with van der Waals surface area (Å²) in [6.45, 7) is 2.74. The molecular weight excluding hydrogens is 359 g/mol. The first-order valence-electron chi connectivity index (χ1n) is 8.02. The molecule has 1 atom stereocenters. The maximum atomic E-state index is 12.5. The molecule has 0 bridgehead atoms. The summed E-state index contributed by atoms with van der Waals surface area (Å²) in [7, 11) is 0. The van der Waals surface area contributed by atoms with Crippen LogP contribution in [0.4, 0.5) is 5.69 Å². The number of hydrogen-bond donors (Lipinski definition) is 1. The molecular formula is C19H18Cl2N2O2. The third-order valence-corrected chi connectivity index (χ3v) is 5.06. The number of nitrogens with zero attached hydrogens (tertiary/aromatic N) is 1. The van der Waals surface area contributed by atoms with Gasteiger partial charge >= 0.3 is 0 Å². The molecule has 0 aromatic heterocycles. The Hall–Kier alpha value is -2.04. The minimum absolute atomic E-state index is 0.0158. The van der Waals surface area contributed by atoms with Crippen LogP contribution in [0.3, 0.4) is 0 Å². The van der Waals surface area contributed by atoms with Gasteiger partial charge in [-0.3, -0.25) is 9.59 Å². The topological polar surface area (TPSA) is 49.4 Å². The first kappa shape index (κ1) is 17.8. The molecule has 2 amide bonds. The van der Waals surface area contributed by atoms with Gasteiger partial charge in [-0.25, -0.2) is 0 Å². The minimum Gasteiger partial charge on any atom is -0.338 e. The van der Waals surface area contributed by atoms with Crippen molar-refractivity contribution in [2.24, 2.45) is 5.92 Å². The zero-order valence-electron chi connectivity index (χ0n) is 13.8. The van der Waals surface area contributed by atoms with Crippen molar-refractivity contribution in [1.29, 1.82) is 0 Å². The second kappa shape index (κ2) is 7.46. The molecule has 130 valence electrons. The molecule has 6 heteroatoms. The van der Waals surface area contributed by atoms with Gasteiger partial charge in [0, 0.05) is 35.2 Å². The number of hydrogen-bond acceptors (Lipinski definition) is 2. The van der Waals surface area contributed by atoms with Crippen LogP contribution in [0, 0.1) is 12.8 Å². The number of amides is 2. The molecule has 25 heavy (non-hydrogen) atoms. The number of halogens is 2. The molecule has 1 fully saturated rings. The summed E-state index contributed by atoms with van der Waals surface area (Å²) in [5.41, 5.74) is 2.49. The van der Waals surface area contributed by atoms with Crippen molar-refractivity contribution in [3.05, 3.63) is 63.6 Å². The van der Waals surface area contributed by atoms with Crippen molar-refractivity contribution < 1.29 is 9.59 Å². The summed E-state index contributed by atoms with van der Waals surface area (Å²) < 4.78 is 0. The van der Waals surface area contributed by atoms with E-state index in [1.54, 1.807) is 35.2 Å². The second-order valence-electron chi connectivity index (χ2n) is 6.20. The van der Waals surface area contributed by atoms with E-state index in [0.717, 1.165) is 11.1 Å². The van der Waals surface area contributed by atoms with Gasteiger partial charge in [-0.2, -0.15) is 0 Å². The second-order valence-corrected chi connectivity index (χ2v) is 7.05. The fourth-order valence-electron chi connectivity index (χ4n) is 2.89. The summed E-state index contributed by atoms with van der Waals surface area (Å²) in [4.78, 5) is 26.5. The molecule has 1 unspecified atom stereocenters. The van der Waals surface area contributed by atoms with E-state index in [-0.39, 0.29) is 24.2 Å². The molecule has 2 aromatic rings. The van der Waals surface area contributed by atoms with E-state index in [9.17, 15) is 9.59 Å². The number of carbonyl (C=O) groups is 2. The largest absolute Gasteiger partial charge is 0.338 e. The fourth-order valence-corrected chi connectivity index (χ4v) is 3.19. The normalized spacial score (nSPS) is 17.0. The molecule has 1 aliphatic rings. The van der Waals surface area contributed by atoms with Crippen molar-refractivity contribution >= 4 is 40.7 Å². The van der Waals surface area contributed by atoms with Crippen molar-refractivity contribution in [2.75, 3.05) is 11.9 Å². The maximum Gasteiger partial charge on any atom is 0.229 e. The highest BCUT2D eigenvalue weighted by molar-refractivity contribution is 6.31. The number of carbonyl (C=O) groups excluding carboxylic acids is 2. The zero-order valence-corrected chi connectivity index (χ0v) is 15.3. The number of anilines is 1. The SMILES string of the molecule is Cc1c(Cl)cccc1NC(=O)C1CC(=O)N(Cc2ccc(Cl)cc2)C1. The highest BCUT2D eigenvalue weighted by atomic mass is 35.5. The smallest absolute Gasteiger partial charge is 0.229 e. The van der Waals surface area contributed by atoms with E-state index >= 15 is 0 Å². The summed E-state index contributed by atoms with van der Waals surface area (Å²) in [5, 5.41) is 4.15. The van der Waals surface area contributed by atoms with Crippen molar-refractivity contribution in [1.82, 2.24) is 4.90 Å². The predicted octanol–water partition coefficient (Wildman–Crippen LogP) is 4.29. The molecule has 1 aliphatic heterocycles. The predicted molar refractivity (Wildman–Crippen MR) is 99.8 cm³/mol. The lowest BCUT2D eigenvalue weighted by Gasteiger charge is -2.17. The molecule has 3 rings (SSSR count). The molecule has 4 nitrogen and oxygen atoms in total. The van der Waals surface area contributed by atoms with Gasteiger partial charge in [0.15, 0.2) is 0 Å². The van der Waals surface area contributed by atoms with Gasteiger partial charge in [-0.1, -0.05) is 41.4 Å². The Bertz CT molecular complexity index is 806. The average molecular weight is 377 g/mol. The minimum atomic E-state index is -0.363. The van der Waals surface area contributed by atoms with E-state index in [2.05, 4.69) is 5.32 Å². The van der Waals surface area contributed by atoms with Crippen LogP contribution in [0.25, 0.3) is 0 Å². The Morgan fingerprint density at radius 3 is 2.64 bits per heavy atom. The van der Waals surface area contributed by atoms with Crippen LogP contribution in [0.5, 0.6) is 0 Å². The lowest BCUT2D eigenvalue weighted by Crippen LogP contribution is -2.28. The third kappa shape index (κ3) is 4.14. The maximum absolute atomic E-state index is 12.5. The van der Waals surface area contributed by atoms with Gasteiger partial charge in [-0.15, -0.1) is 0 Å². The van der Waals surface area contributed by atoms with Gasteiger partial charge in [0.05, 0.1) is 5.92 Å². The van der Waals surface area contributed by atoms with Gasteiger partial charge in [0.2, 0.25) is 11.8 Å². The van der Waals surface area contributed by atoms with E-state index in [1.807, 2.05) is 19.1 Å². The number of nitrogens with one attached hydrogen (secondary N) is 1. The van der Waals surface area contributed by atoms with E-state index in [0.29, 0.717) is 28.8 Å². The van der Waals surface area contributed by atoms with Gasteiger partial charge in [0.1, 0.15) is 0 Å². The van der Waals surface area contributed by atoms with Gasteiger partial charge in [0.25, 0.3) is 0 Å². The fraction of sp³-hybridized carbons (Fsp3) is 0.263. The van der Waals surface area contributed by atoms with Crippen molar-refractivity contribution in [3.8, 4) is 0 Å². The van der Waals surface area contributed by atoms with E-state index in [1.165, 1.54) is 0 Å². The number of likely N-dealkylation sites (tertiary alicyclic amines) is 1. The van der Waals surface area contributed by atoms with Crippen molar-refractivity contribution in [3.63, 3.8) is 0 Å². The molecule has 2 aromatic carbocycles. The Labute approximate surface area is 156 Å². The van der Waals surface area contributed by atoms with Crippen LogP contribution in [0.15, 0.2) is 42.5 Å². The Balaban J connectivity index is 1.64. The summed E-state index contributed by atoms with van der Waals surface area (Å²) in [5.74, 6) is -0.534. The monoisotopic (exact) mass is 376 g/mol. The number of benzene rings is 2. The molecule has 1 heterocycles. The quantitative estimate of drug-likeness (QED) is 0.864. The highest BCUT2D eigenvalue weighted by Gasteiger charge is 2.34. The molecule has 0 aliphatic carbocycles. The first-order valence-corrected chi connectivity index (χ1v) is 8.78. The van der Waals surface area contributed by atoms with Gasteiger partial charge in [-0.05, 0) is 42.3 Å². The highest BCUT2D eigenvalue weighted by Crippen LogP contribution is 2.26. The lowest BCUT2D eigenvalue weighted by molar-refractivity contribution is -0.128. The Kier molecular flexibility index (Phi) is 5.30. The van der Waals surface area contributed by atoms with Gasteiger partial charge < -0.3 is 10.2 Å². The van der Waals surface area contributed by atoms with Crippen LogP contribution >= 0.6 is 23.2 Å². The Morgan fingerprint density at radius 1 is 1.20 bits per heavy atom. The van der Waals surface area contributed by atoms with E-state index in [4.69, 9.17) is 23.2 Å². The zero-order chi connectivity index (χ0) is 18.0. The van der Waals surface area contributed by atoms with Crippen LogP contribution in [-0.4, -0.2) is 23.3 Å². The van der Waals surface area contributed by atoms with E-state index < -0.39 is 0 Å². The molecule has 0 radical (unpaired) electrons. The first-order chi connectivity index (χ1) is 11.9. The number of rotatable bonds is 4. The average Bonchev–Trinajstić information content (AvgIpc) is 2.95. The Morgan fingerprint density at radius 2 is 1.92 bits per heavy atom. The summed E-state index contributed by atoms with van der Waals surface area (Å²) >= 11 is 12.0.